The summed E-state index contributed by atoms with van der Waals surface area (Å²) in [4.78, 5) is 15.9. The summed E-state index contributed by atoms with van der Waals surface area (Å²) in [6, 6.07) is 3.53. The Balaban J connectivity index is 2.79. The third kappa shape index (κ3) is 6.71. The fourth-order valence-corrected chi connectivity index (χ4v) is 2.85. The van der Waals surface area contributed by atoms with Gasteiger partial charge in [-0.1, -0.05) is 0 Å². The molecular weight excluding hydrogens is 290 g/mol. The van der Waals surface area contributed by atoms with Crippen molar-refractivity contribution >= 4 is 28.5 Å². The van der Waals surface area contributed by atoms with E-state index >= 15 is 0 Å². The Hall–Kier alpha value is -1.35. The van der Waals surface area contributed by atoms with Gasteiger partial charge in [-0.15, -0.1) is 0 Å². The highest BCUT2D eigenvalue weighted by Gasteiger charge is 2.23. The van der Waals surface area contributed by atoms with Crippen LogP contribution in [0.25, 0.3) is 0 Å². The van der Waals surface area contributed by atoms with Gasteiger partial charge in [-0.3, -0.25) is 4.79 Å². The number of carbonyl (C=O) groups excluding carboxylic acids is 1. The summed E-state index contributed by atoms with van der Waals surface area (Å²) < 4.78 is 16.5. The van der Waals surface area contributed by atoms with Crippen molar-refractivity contribution < 1.29 is 18.1 Å². The first-order valence-corrected chi connectivity index (χ1v) is 13.4. The molecule has 0 aliphatic heterocycles. The van der Waals surface area contributed by atoms with Crippen LogP contribution in [0.1, 0.15) is 5.76 Å². The first kappa shape index (κ1) is 16.7. The lowest BCUT2D eigenvalue weighted by atomic mass is 10.4. The van der Waals surface area contributed by atoms with E-state index in [0.717, 1.165) is 0 Å². The Bertz CT molecular complexity index is 470. The van der Waals surface area contributed by atoms with Gasteiger partial charge in [0.05, 0.1) is 6.26 Å². The molecule has 1 aromatic heterocycles. The summed E-state index contributed by atoms with van der Waals surface area (Å²) in [5, 5.41) is 0. The maximum Gasteiger partial charge on any atom is 0.314 e. The van der Waals surface area contributed by atoms with Gasteiger partial charge in [0, 0.05) is 0 Å². The second-order valence-electron chi connectivity index (χ2n) is 6.40. The zero-order chi connectivity index (χ0) is 15.4. The molecule has 0 spiro atoms. The second-order valence-corrected chi connectivity index (χ2v) is 15.3. The Morgan fingerprint density at radius 3 is 2.20 bits per heavy atom. The topological polar surface area (TPSA) is 61.0 Å². The van der Waals surface area contributed by atoms with Crippen LogP contribution in [0.5, 0.6) is 0 Å². The van der Waals surface area contributed by atoms with E-state index in [-0.39, 0.29) is 12.5 Å². The lowest BCUT2D eigenvalue weighted by molar-refractivity contribution is -0.133. The second kappa shape index (κ2) is 6.40. The van der Waals surface area contributed by atoms with Gasteiger partial charge < -0.3 is 13.3 Å². The molecule has 0 atom stereocenters. The smallest absolute Gasteiger partial charge is 0.314 e. The highest BCUT2D eigenvalue weighted by molar-refractivity contribution is 6.71. The van der Waals surface area contributed by atoms with Crippen molar-refractivity contribution in [3.05, 3.63) is 24.2 Å². The molecule has 0 bridgehead atoms. The fraction of sp³-hybridized carbons (Fsp3) is 0.538. The highest BCUT2D eigenvalue weighted by atomic mass is 28.4. The molecule has 1 heterocycles. The van der Waals surface area contributed by atoms with Crippen molar-refractivity contribution in [3.8, 4) is 0 Å². The first-order valence-electron chi connectivity index (χ1n) is 6.56. The number of carbonyl (C=O) groups is 1. The van der Waals surface area contributed by atoms with Crippen LogP contribution in [-0.2, 0) is 13.6 Å². The lowest BCUT2D eigenvalue weighted by Gasteiger charge is -2.20. The van der Waals surface area contributed by atoms with Crippen LogP contribution in [0.2, 0.25) is 39.3 Å². The van der Waals surface area contributed by atoms with Gasteiger partial charge in [0.25, 0.3) is 0 Å². The number of nitrogens with zero attached hydrogens (tertiary/aromatic N) is 1. The predicted molar refractivity (Wildman–Crippen MR) is 84.0 cm³/mol. The van der Waals surface area contributed by atoms with E-state index in [1.54, 1.807) is 18.4 Å². The molecule has 0 unspecified atom stereocenters. The fourth-order valence-electron chi connectivity index (χ4n) is 1.36. The van der Waals surface area contributed by atoms with E-state index < -0.39 is 16.6 Å². The molecule has 0 saturated carbocycles. The molecular formula is C13H23NO4Si2. The van der Waals surface area contributed by atoms with Gasteiger partial charge >= 0.3 is 5.97 Å². The van der Waals surface area contributed by atoms with Crippen molar-refractivity contribution in [2.45, 2.75) is 39.3 Å². The zero-order valence-corrected chi connectivity index (χ0v) is 15.0. The summed E-state index contributed by atoms with van der Waals surface area (Å²) in [6.45, 7) is 12.0. The molecule has 1 aromatic rings. The average Bonchev–Trinajstić information content (AvgIpc) is 2.73. The third-order valence-electron chi connectivity index (χ3n) is 1.91. The Kier molecular flexibility index (Phi) is 5.35. The van der Waals surface area contributed by atoms with Gasteiger partial charge in [0.15, 0.2) is 5.76 Å². The van der Waals surface area contributed by atoms with E-state index in [1.807, 2.05) is 39.3 Å². The maximum absolute atomic E-state index is 11.7. The molecule has 0 amide bonds. The van der Waals surface area contributed by atoms with Crippen molar-refractivity contribution in [2.24, 2.45) is 4.99 Å². The van der Waals surface area contributed by atoms with E-state index in [4.69, 9.17) is 13.3 Å². The van der Waals surface area contributed by atoms with Gasteiger partial charge in [-0.25, -0.2) is 4.99 Å². The molecule has 7 heteroatoms. The lowest BCUT2D eigenvalue weighted by Crippen LogP contribution is -2.32. The van der Waals surface area contributed by atoms with E-state index in [1.165, 1.54) is 0 Å². The quantitative estimate of drug-likeness (QED) is 0.475. The average molecular weight is 314 g/mol. The minimum Gasteiger partial charge on any atom is -0.529 e. The van der Waals surface area contributed by atoms with E-state index in [2.05, 4.69) is 4.99 Å². The van der Waals surface area contributed by atoms with E-state index in [9.17, 15) is 4.79 Å². The van der Waals surface area contributed by atoms with Gasteiger partial charge in [0.2, 0.25) is 22.5 Å². The highest BCUT2D eigenvalue weighted by Crippen LogP contribution is 2.11. The van der Waals surface area contributed by atoms with Crippen LogP contribution in [0.15, 0.2) is 27.8 Å². The summed E-state index contributed by atoms with van der Waals surface area (Å²) >= 11 is 0. The van der Waals surface area contributed by atoms with Crippen LogP contribution >= 0.6 is 0 Å². The van der Waals surface area contributed by atoms with Gasteiger partial charge in [-0.2, -0.15) is 0 Å². The number of aliphatic imine (C=N–C) groups is 1. The van der Waals surface area contributed by atoms with Crippen LogP contribution in [0.3, 0.4) is 0 Å². The molecule has 0 N–H and O–H groups in total. The molecule has 20 heavy (non-hydrogen) atoms. The summed E-state index contributed by atoms with van der Waals surface area (Å²) in [5.74, 6) is 0.585. The molecule has 0 aromatic carbocycles. The molecule has 0 saturated heterocycles. The number of furan rings is 1. The van der Waals surface area contributed by atoms with Gasteiger partial charge in [0.1, 0.15) is 6.54 Å². The van der Waals surface area contributed by atoms with Crippen molar-refractivity contribution in [1.29, 1.82) is 0 Å². The van der Waals surface area contributed by atoms with Crippen LogP contribution in [0.4, 0.5) is 0 Å². The van der Waals surface area contributed by atoms with Crippen LogP contribution in [0, 0.1) is 0 Å². The summed E-state index contributed by atoms with van der Waals surface area (Å²) in [7, 11) is -3.71. The predicted octanol–water partition coefficient (Wildman–Crippen LogP) is 3.26. The minimum atomic E-state index is -1.88. The van der Waals surface area contributed by atoms with Crippen molar-refractivity contribution in [3.63, 3.8) is 0 Å². The summed E-state index contributed by atoms with van der Waals surface area (Å²) in [5.41, 5.74) is 0. The minimum absolute atomic E-state index is 0.0508. The SMILES string of the molecule is C[Si](C)(C)OC(=O)CN=C(O[Si](C)(C)C)c1ccco1. The molecule has 112 valence electrons. The van der Waals surface area contributed by atoms with E-state index in [0.29, 0.717) is 11.7 Å². The number of hydrogen-bond donors (Lipinski definition) is 0. The Morgan fingerprint density at radius 2 is 1.75 bits per heavy atom. The molecule has 5 nitrogen and oxygen atoms in total. The Labute approximate surface area is 122 Å². The number of rotatable bonds is 5. The molecule has 0 aliphatic rings. The van der Waals surface area contributed by atoms with Crippen LogP contribution < -0.4 is 0 Å². The van der Waals surface area contributed by atoms with Crippen molar-refractivity contribution in [2.75, 3.05) is 6.54 Å². The summed E-state index contributed by atoms with van der Waals surface area (Å²) in [6.07, 6.45) is 1.55. The maximum atomic E-state index is 11.7. The van der Waals surface area contributed by atoms with Crippen LogP contribution in [-0.4, -0.2) is 35.0 Å². The zero-order valence-electron chi connectivity index (χ0n) is 13.0. The monoisotopic (exact) mass is 313 g/mol. The molecule has 0 aliphatic carbocycles. The molecule has 1 rings (SSSR count). The Morgan fingerprint density at radius 1 is 1.15 bits per heavy atom. The normalized spacial score (nSPS) is 13.2. The first-order chi connectivity index (χ1) is 9.07. The number of hydrogen-bond acceptors (Lipinski definition) is 5. The van der Waals surface area contributed by atoms with Crippen molar-refractivity contribution in [1.82, 2.24) is 0 Å². The molecule has 0 fully saturated rings. The van der Waals surface area contributed by atoms with Gasteiger partial charge in [-0.05, 0) is 51.4 Å². The third-order valence-corrected chi connectivity index (χ3v) is 3.55. The standard InChI is InChI=1S/C13H23NO4Si2/c1-19(2,3)17-12(15)10-14-13(18-20(4,5)6)11-8-7-9-16-11/h7-9H,10H2,1-6H3. The largest absolute Gasteiger partial charge is 0.529 e. The molecule has 0 radical (unpaired) electrons.